The summed E-state index contributed by atoms with van der Waals surface area (Å²) in [6.45, 7) is 10.5. The fourth-order valence-electron chi connectivity index (χ4n) is 6.21. The van der Waals surface area contributed by atoms with Gasteiger partial charge in [-0.1, -0.05) is 26.8 Å². The van der Waals surface area contributed by atoms with Gasteiger partial charge in [0.2, 0.25) is 0 Å². The van der Waals surface area contributed by atoms with E-state index in [-0.39, 0.29) is 31.3 Å². The third kappa shape index (κ3) is 3.51. The standard InChI is InChI=1S/C24H34O9/c1-12(2)7-18(27)32-16-9-23(10-29-14(4)25)17(8-13(16)3)33-21-19(31-15(5)26)20(28)22(23,6)24(21)11-30-24/h8,12,16-17,19-21,28H,7,9-11H2,1-6H3/t16-,17+,19-,20+,21+,22+,23+,24?/m1/s1. The molecule has 0 amide bonds. The summed E-state index contributed by atoms with van der Waals surface area (Å²) < 4.78 is 29.3. The van der Waals surface area contributed by atoms with Crippen LogP contribution >= 0.6 is 0 Å². The number of carbonyl (C=O) groups excluding carboxylic acids is 3. The molecule has 2 heterocycles. The van der Waals surface area contributed by atoms with Crippen molar-refractivity contribution in [1.82, 2.24) is 0 Å². The van der Waals surface area contributed by atoms with Gasteiger partial charge in [-0.15, -0.1) is 0 Å². The molecule has 1 saturated carbocycles. The minimum Gasteiger partial charge on any atom is -0.465 e. The summed E-state index contributed by atoms with van der Waals surface area (Å²) >= 11 is 0. The van der Waals surface area contributed by atoms with Crippen LogP contribution in [0.2, 0.25) is 0 Å². The van der Waals surface area contributed by atoms with Gasteiger partial charge in [-0.05, 0) is 18.4 Å². The lowest BCUT2D eigenvalue weighted by molar-refractivity contribution is -0.239. The molecule has 2 aliphatic heterocycles. The van der Waals surface area contributed by atoms with Crippen LogP contribution in [0.25, 0.3) is 0 Å². The highest BCUT2D eigenvalue weighted by molar-refractivity contribution is 5.70. The minimum absolute atomic E-state index is 0.0623. The number of esters is 3. The zero-order chi connectivity index (χ0) is 24.3. The molecule has 0 aromatic carbocycles. The maximum atomic E-state index is 12.5. The maximum Gasteiger partial charge on any atom is 0.306 e. The summed E-state index contributed by atoms with van der Waals surface area (Å²) in [5.74, 6) is -1.17. The number of aliphatic hydroxyl groups is 1. The number of rotatable bonds is 6. The Balaban J connectivity index is 1.77. The fraction of sp³-hybridized carbons (Fsp3) is 0.792. The number of fused-ring (bicyclic) bond motifs is 2. The van der Waals surface area contributed by atoms with Crippen LogP contribution in [0.5, 0.6) is 0 Å². The first-order valence-corrected chi connectivity index (χ1v) is 11.5. The van der Waals surface area contributed by atoms with E-state index in [4.69, 9.17) is 23.7 Å². The van der Waals surface area contributed by atoms with Crippen molar-refractivity contribution in [3.05, 3.63) is 11.6 Å². The SMILES string of the molecule is CC(=O)OC[C@@]12C[C@@H](OC(=O)CC(C)C)C(C)=C[C@@H]1O[C@H]1[C@H](OC(C)=O)[C@H](O)[C@]2(C)C12CO2. The largest absolute Gasteiger partial charge is 0.465 e. The van der Waals surface area contributed by atoms with Gasteiger partial charge in [-0.3, -0.25) is 14.4 Å². The van der Waals surface area contributed by atoms with Crippen LogP contribution in [-0.2, 0) is 38.1 Å². The number of epoxide rings is 1. The summed E-state index contributed by atoms with van der Waals surface area (Å²) in [6.07, 6.45) is -1.42. The summed E-state index contributed by atoms with van der Waals surface area (Å²) in [4.78, 5) is 36.2. The molecule has 1 spiro atoms. The molecule has 4 aliphatic rings. The highest BCUT2D eigenvalue weighted by atomic mass is 16.7. The van der Waals surface area contributed by atoms with E-state index < -0.39 is 58.9 Å². The molecular weight excluding hydrogens is 432 g/mol. The van der Waals surface area contributed by atoms with Crippen molar-refractivity contribution in [1.29, 1.82) is 0 Å². The van der Waals surface area contributed by atoms with E-state index in [0.29, 0.717) is 6.61 Å². The molecule has 4 rings (SSSR count). The molecule has 9 heteroatoms. The molecule has 0 aromatic heterocycles. The van der Waals surface area contributed by atoms with Crippen LogP contribution in [0, 0.1) is 16.7 Å². The third-order valence-electron chi connectivity index (χ3n) is 8.02. The fourth-order valence-corrected chi connectivity index (χ4v) is 6.21. The van der Waals surface area contributed by atoms with E-state index in [2.05, 4.69) is 0 Å². The summed E-state index contributed by atoms with van der Waals surface area (Å²) in [7, 11) is 0. The van der Waals surface area contributed by atoms with E-state index in [1.165, 1.54) is 13.8 Å². The normalized spacial score (nSPS) is 43.0. The average molecular weight is 467 g/mol. The maximum absolute atomic E-state index is 12.5. The molecule has 2 bridgehead atoms. The molecule has 184 valence electrons. The van der Waals surface area contributed by atoms with Crippen molar-refractivity contribution in [3.8, 4) is 0 Å². The minimum atomic E-state index is -1.13. The van der Waals surface area contributed by atoms with Crippen LogP contribution < -0.4 is 0 Å². The van der Waals surface area contributed by atoms with Crippen molar-refractivity contribution in [2.75, 3.05) is 13.2 Å². The first-order valence-electron chi connectivity index (χ1n) is 11.5. The van der Waals surface area contributed by atoms with Gasteiger partial charge in [0.25, 0.3) is 0 Å². The van der Waals surface area contributed by atoms with E-state index in [1.807, 2.05) is 33.8 Å². The smallest absolute Gasteiger partial charge is 0.306 e. The van der Waals surface area contributed by atoms with E-state index in [0.717, 1.165) is 5.57 Å². The molecule has 0 radical (unpaired) electrons. The zero-order valence-electron chi connectivity index (χ0n) is 20.1. The first kappa shape index (κ1) is 24.2. The zero-order valence-corrected chi connectivity index (χ0v) is 20.1. The van der Waals surface area contributed by atoms with Crippen molar-refractivity contribution >= 4 is 17.9 Å². The highest BCUT2D eigenvalue weighted by Crippen LogP contribution is 2.72. The molecule has 1 N–H and O–H groups in total. The van der Waals surface area contributed by atoms with Gasteiger partial charge in [0.1, 0.15) is 30.5 Å². The molecule has 33 heavy (non-hydrogen) atoms. The van der Waals surface area contributed by atoms with Crippen molar-refractivity contribution in [2.24, 2.45) is 16.7 Å². The Kier molecular flexibility index (Phi) is 5.90. The Morgan fingerprint density at radius 1 is 1.21 bits per heavy atom. The monoisotopic (exact) mass is 466 g/mol. The Morgan fingerprint density at radius 2 is 1.88 bits per heavy atom. The summed E-state index contributed by atoms with van der Waals surface area (Å²) in [5, 5.41) is 11.6. The summed E-state index contributed by atoms with van der Waals surface area (Å²) in [5.41, 5.74) is -2.04. The second-order valence-corrected chi connectivity index (χ2v) is 10.5. The lowest BCUT2D eigenvalue weighted by atomic mass is 9.51. The van der Waals surface area contributed by atoms with Crippen molar-refractivity contribution in [2.45, 2.75) is 90.5 Å². The number of aliphatic hydroxyl groups excluding tert-OH is 1. The van der Waals surface area contributed by atoms with Crippen LogP contribution in [0.15, 0.2) is 11.6 Å². The molecule has 2 saturated heterocycles. The molecule has 3 fully saturated rings. The van der Waals surface area contributed by atoms with Crippen LogP contribution in [0.3, 0.4) is 0 Å². The Bertz CT molecular complexity index is 875. The molecule has 9 nitrogen and oxygen atoms in total. The molecule has 8 atom stereocenters. The quantitative estimate of drug-likeness (QED) is 0.270. The van der Waals surface area contributed by atoms with E-state index in [9.17, 15) is 19.5 Å². The van der Waals surface area contributed by atoms with Gasteiger partial charge in [0.05, 0.1) is 12.7 Å². The lowest BCUT2D eigenvalue weighted by Gasteiger charge is -2.58. The number of hydrogen-bond acceptors (Lipinski definition) is 9. The second-order valence-electron chi connectivity index (χ2n) is 10.5. The Labute approximate surface area is 193 Å². The Morgan fingerprint density at radius 3 is 2.42 bits per heavy atom. The number of hydrogen-bond donors (Lipinski definition) is 1. The van der Waals surface area contributed by atoms with Gasteiger partial charge in [-0.25, -0.2) is 0 Å². The third-order valence-corrected chi connectivity index (χ3v) is 8.02. The molecule has 1 unspecified atom stereocenters. The molecule has 2 aliphatic carbocycles. The van der Waals surface area contributed by atoms with Gasteiger partial charge in [0.15, 0.2) is 6.10 Å². The number of carbonyl (C=O) groups is 3. The van der Waals surface area contributed by atoms with Crippen LogP contribution in [0.4, 0.5) is 0 Å². The Hall–Kier alpha value is -1.97. The van der Waals surface area contributed by atoms with Crippen molar-refractivity contribution in [3.63, 3.8) is 0 Å². The second kappa shape index (κ2) is 8.06. The van der Waals surface area contributed by atoms with Gasteiger partial charge in [0, 0.05) is 37.5 Å². The first-order chi connectivity index (χ1) is 15.4. The van der Waals surface area contributed by atoms with E-state index in [1.54, 1.807) is 0 Å². The number of ether oxygens (including phenoxy) is 5. The predicted molar refractivity (Wildman–Crippen MR) is 114 cm³/mol. The van der Waals surface area contributed by atoms with Gasteiger partial charge >= 0.3 is 17.9 Å². The van der Waals surface area contributed by atoms with E-state index >= 15 is 0 Å². The van der Waals surface area contributed by atoms with Crippen molar-refractivity contribution < 1.29 is 43.2 Å². The van der Waals surface area contributed by atoms with Crippen LogP contribution in [0.1, 0.15) is 54.4 Å². The predicted octanol–water partition coefficient (Wildman–Crippen LogP) is 1.69. The van der Waals surface area contributed by atoms with Gasteiger partial charge < -0.3 is 28.8 Å². The molecular formula is C24H34O9. The molecule has 0 aromatic rings. The topological polar surface area (TPSA) is 121 Å². The van der Waals surface area contributed by atoms with Gasteiger partial charge in [-0.2, -0.15) is 0 Å². The highest BCUT2D eigenvalue weighted by Gasteiger charge is 2.86. The lowest BCUT2D eigenvalue weighted by Crippen LogP contribution is -2.67. The average Bonchev–Trinajstić information content (AvgIpc) is 3.48. The summed E-state index contributed by atoms with van der Waals surface area (Å²) in [6, 6.07) is 0. The van der Waals surface area contributed by atoms with Crippen LogP contribution in [-0.4, -0.2) is 72.3 Å².